The van der Waals surface area contributed by atoms with E-state index in [1.807, 2.05) is 0 Å². The molecule has 0 saturated carbocycles. The molecule has 0 aliphatic carbocycles. The molecule has 0 spiro atoms. The van der Waals surface area contributed by atoms with E-state index >= 15 is 0 Å². The Hall–Kier alpha value is -0.680. The second-order valence-corrected chi connectivity index (χ2v) is 9.01. The van der Waals surface area contributed by atoms with Crippen molar-refractivity contribution in [2.24, 2.45) is 0 Å². The molecule has 0 aromatic heterocycles. The van der Waals surface area contributed by atoms with Crippen molar-refractivity contribution in [1.82, 2.24) is 5.09 Å². The first-order valence-corrected chi connectivity index (χ1v) is 9.49. The highest BCUT2D eigenvalue weighted by Gasteiger charge is 2.18. The van der Waals surface area contributed by atoms with Crippen molar-refractivity contribution < 1.29 is 17.2 Å². The summed E-state index contributed by atoms with van der Waals surface area (Å²) in [4.78, 5) is 0.119. The average molecular weight is 291 g/mol. The third-order valence-electron chi connectivity index (χ3n) is 2.04. The Labute approximate surface area is 108 Å². The molecule has 0 aliphatic heterocycles. The summed E-state index contributed by atoms with van der Waals surface area (Å²) in [6.07, 6.45) is 0. The highest BCUT2D eigenvalue weighted by atomic mass is 32.2. The molecular formula is C11H18NO4PS. The van der Waals surface area contributed by atoms with Gasteiger partial charge in [0.2, 0.25) is 0 Å². The van der Waals surface area contributed by atoms with Gasteiger partial charge in [0.15, 0.2) is 0 Å². The normalized spacial score (nSPS) is 14.4. The maximum absolute atomic E-state index is 11.8. The Morgan fingerprint density at radius 2 is 1.83 bits per heavy atom. The molecule has 7 heteroatoms. The van der Waals surface area contributed by atoms with Gasteiger partial charge in [0.1, 0.15) is 7.29 Å². The Morgan fingerprint density at radius 1 is 1.28 bits per heavy atom. The van der Waals surface area contributed by atoms with E-state index in [9.17, 15) is 13.0 Å². The summed E-state index contributed by atoms with van der Waals surface area (Å²) in [5.41, 5.74) is 0. The Morgan fingerprint density at radius 3 is 2.33 bits per heavy atom. The Bertz CT molecular complexity index is 523. The number of hydrogen-bond donors (Lipinski definition) is 1. The molecule has 102 valence electrons. The van der Waals surface area contributed by atoms with Gasteiger partial charge in [-0.25, -0.2) is 0 Å². The zero-order valence-corrected chi connectivity index (χ0v) is 12.4. The van der Waals surface area contributed by atoms with Crippen molar-refractivity contribution in [1.29, 1.82) is 0 Å². The minimum Gasteiger partial charge on any atom is -0.307 e. The van der Waals surface area contributed by atoms with Crippen LogP contribution in [0.2, 0.25) is 0 Å². The fourth-order valence-electron chi connectivity index (χ4n) is 1.41. The van der Waals surface area contributed by atoms with Crippen LogP contribution in [0.3, 0.4) is 0 Å². The second-order valence-electron chi connectivity index (χ2n) is 4.43. The average Bonchev–Trinajstić information content (AvgIpc) is 2.26. The van der Waals surface area contributed by atoms with Crippen molar-refractivity contribution in [3.05, 3.63) is 30.3 Å². The molecule has 0 fully saturated rings. The van der Waals surface area contributed by atoms with Crippen LogP contribution in [0, 0.1) is 0 Å². The first-order valence-electron chi connectivity index (χ1n) is 5.48. The standard InChI is InChI=1S/C11H18NO4PS/c1-10(12-17(2,3)13)9-16-18(14,15)11-7-5-4-6-8-11/h4-8,10H,9H2,1-3H3,(H,12,13)/t10-/m1/s1. The van der Waals surface area contributed by atoms with E-state index in [1.54, 1.807) is 38.5 Å². The van der Waals surface area contributed by atoms with E-state index in [-0.39, 0.29) is 17.5 Å². The molecule has 1 atom stereocenters. The van der Waals surface area contributed by atoms with Gasteiger partial charge in [0.25, 0.3) is 10.1 Å². The van der Waals surface area contributed by atoms with Crippen molar-refractivity contribution >= 4 is 17.4 Å². The third-order valence-corrected chi connectivity index (χ3v) is 4.39. The van der Waals surface area contributed by atoms with Crippen molar-refractivity contribution in [2.45, 2.75) is 17.9 Å². The lowest BCUT2D eigenvalue weighted by molar-refractivity contribution is 0.290. The van der Waals surface area contributed by atoms with Gasteiger partial charge in [0, 0.05) is 19.4 Å². The summed E-state index contributed by atoms with van der Waals surface area (Å²) >= 11 is 0. The van der Waals surface area contributed by atoms with E-state index in [1.165, 1.54) is 12.1 Å². The van der Waals surface area contributed by atoms with Crippen LogP contribution >= 0.6 is 7.29 Å². The van der Waals surface area contributed by atoms with Crippen LogP contribution in [0.4, 0.5) is 0 Å². The van der Waals surface area contributed by atoms with Gasteiger partial charge < -0.3 is 4.57 Å². The van der Waals surface area contributed by atoms with Gasteiger partial charge in [-0.15, -0.1) is 0 Å². The fraction of sp³-hybridized carbons (Fsp3) is 0.455. The minimum absolute atomic E-state index is 0.0527. The van der Waals surface area contributed by atoms with Gasteiger partial charge in [-0.05, 0) is 19.1 Å². The monoisotopic (exact) mass is 291 g/mol. The van der Waals surface area contributed by atoms with E-state index in [0.717, 1.165) is 0 Å². The molecule has 5 nitrogen and oxygen atoms in total. The van der Waals surface area contributed by atoms with Gasteiger partial charge in [-0.1, -0.05) is 18.2 Å². The van der Waals surface area contributed by atoms with Crippen LogP contribution in [0.15, 0.2) is 35.2 Å². The fourth-order valence-corrected chi connectivity index (χ4v) is 3.56. The van der Waals surface area contributed by atoms with Crippen LogP contribution in [0.25, 0.3) is 0 Å². The van der Waals surface area contributed by atoms with Crippen molar-refractivity contribution in [2.75, 3.05) is 19.9 Å². The number of hydrogen-bond acceptors (Lipinski definition) is 4. The molecule has 1 rings (SSSR count). The van der Waals surface area contributed by atoms with Gasteiger partial charge >= 0.3 is 0 Å². The first kappa shape index (κ1) is 15.4. The zero-order chi connectivity index (χ0) is 13.8. The second kappa shape index (κ2) is 5.97. The summed E-state index contributed by atoms with van der Waals surface area (Å²) in [6.45, 7) is 4.83. The predicted octanol–water partition coefficient (Wildman–Crippen LogP) is 1.91. The highest BCUT2D eigenvalue weighted by molar-refractivity contribution is 7.86. The van der Waals surface area contributed by atoms with Crippen molar-refractivity contribution in [3.63, 3.8) is 0 Å². The molecule has 1 aromatic rings. The summed E-state index contributed by atoms with van der Waals surface area (Å²) in [6, 6.07) is 7.63. The molecule has 0 aliphatic rings. The molecule has 0 unspecified atom stereocenters. The molecule has 1 aromatic carbocycles. The van der Waals surface area contributed by atoms with Gasteiger partial charge in [0.05, 0.1) is 11.5 Å². The summed E-state index contributed by atoms with van der Waals surface area (Å²) in [5.74, 6) is 0. The van der Waals surface area contributed by atoms with Crippen LogP contribution in [0.1, 0.15) is 6.92 Å². The van der Waals surface area contributed by atoms with Crippen LogP contribution in [-0.2, 0) is 18.9 Å². The third kappa shape index (κ3) is 5.31. The topological polar surface area (TPSA) is 72.5 Å². The summed E-state index contributed by atoms with van der Waals surface area (Å²) in [5, 5.41) is 2.81. The number of rotatable bonds is 6. The first-order chi connectivity index (χ1) is 8.21. The largest absolute Gasteiger partial charge is 0.307 e. The Balaban J connectivity index is 2.61. The quantitative estimate of drug-likeness (QED) is 0.640. The molecule has 0 heterocycles. The smallest absolute Gasteiger partial charge is 0.297 e. The molecule has 0 amide bonds. The predicted molar refractivity (Wildman–Crippen MR) is 71.6 cm³/mol. The van der Waals surface area contributed by atoms with Gasteiger partial charge in [-0.3, -0.25) is 9.27 Å². The highest BCUT2D eigenvalue weighted by Crippen LogP contribution is 2.30. The van der Waals surface area contributed by atoms with E-state index < -0.39 is 17.4 Å². The molecule has 0 bridgehead atoms. The van der Waals surface area contributed by atoms with Crippen LogP contribution in [0.5, 0.6) is 0 Å². The molecule has 1 N–H and O–H groups in total. The molecule has 18 heavy (non-hydrogen) atoms. The molecular weight excluding hydrogens is 273 g/mol. The number of nitrogens with one attached hydrogen (secondary N) is 1. The van der Waals surface area contributed by atoms with Crippen molar-refractivity contribution in [3.8, 4) is 0 Å². The van der Waals surface area contributed by atoms with Crippen LogP contribution < -0.4 is 5.09 Å². The maximum Gasteiger partial charge on any atom is 0.297 e. The lowest BCUT2D eigenvalue weighted by Crippen LogP contribution is -2.28. The SMILES string of the molecule is C[C@H](COS(=O)(=O)c1ccccc1)NP(C)(C)=O. The number of benzene rings is 1. The van der Waals surface area contributed by atoms with E-state index in [2.05, 4.69) is 5.09 Å². The summed E-state index contributed by atoms with van der Waals surface area (Å²) < 4.78 is 40.0. The molecule has 0 radical (unpaired) electrons. The zero-order valence-electron chi connectivity index (χ0n) is 10.7. The molecule has 0 saturated heterocycles. The van der Waals surface area contributed by atoms with E-state index in [4.69, 9.17) is 4.18 Å². The minimum atomic E-state index is -3.74. The van der Waals surface area contributed by atoms with E-state index in [0.29, 0.717) is 0 Å². The summed E-state index contributed by atoms with van der Waals surface area (Å²) in [7, 11) is -6.14. The van der Waals surface area contributed by atoms with Crippen LogP contribution in [-0.4, -0.2) is 34.4 Å². The lowest BCUT2D eigenvalue weighted by atomic mass is 10.4. The Kier molecular flexibility index (Phi) is 5.10. The lowest BCUT2D eigenvalue weighted by Gasteiger charge is -2.17. The maximum atomic E-state index is 11.8. The van der Waals surface area contributed by atoms with Gasteiger partial charge in [-0.2, -0.15) is 8.42 Å².